The molecule has 2 rings (SSSR count). The molecule has 0 amide bonds. The first-order valence-corrected chi connectivity index (χ1v) is 3.66. The summed E-state index contributed by atoms with van der Waals surface area (Å²) in [4.78, 5) is 9.43. The molecular formula is C8H10N2O. The molecule has 0 aliphatic carbocycles. The van der Waals surface area contributed by atoms with Gasteiger partial charge < -0.3 is 4.84 Å². The molecule has 0 bridgehead atoms. The molecule has 0 spiro atoms. The Bertz CT molecular complexity index is 285. The summed E-state index contributed by atoms with van der Waals surface area (Å²) in [7, 11) is 0. The van der Waals surface area contributed by atoms with Crippen LogP contribution in [0.4, 0.5) is 0 Å². The minimum Gasteiger partial charge on any atom is -0.406 e. The number of fused-ring (bicyclic) bond motifs is 1. The second-order valence-electron chi connectivity index (χ2n) is 2.84. The number of aryl methyl sites for hydroxylation is 1. The van der Waals surface area contributed by atoms with Crippen molar-refractivity contribution in [1.29, 1.82) is 0 Å². The van der Waals surface area contributed by atoms with Crippen molar-refractivity contribution in [2.24, 2.45) is 0 Å². The number of aromatic nitrogens is 1. The van der Waals surface area contributed by atoms with E-state index in [4.69, 9.17) is 4.84 Å². The van der Waals surface area contributed by atoms with Crippen molar-refractivity contribution >= 4 is 0 Å². The van der Waals surface area contributed by atoms with Crippen molar-refractivity contribution in [3.63, 3.8) is 0 Å². The van der Waals surface area contributed by atoms with E-state index >= 15 is 0 Å². The third kappa shape index (κ3) is 0.973. The van der Waals surface area contributed by atoms with Gasteiger partial charge in [-0.05, 0) is 25.5 Å². The highest BCUT2D eigenvalue weighted by Gasteiger charge is 2.20. The summed E-state index contributed by atoms with van der Waals surface area (Å²) in [5, 5.41) is 0. The zero-order valence-electron chi connectivity index (χ0n) is 6.59. The molecule has 1 aliphatic heterocycles. The Morgan fingerprint density at radius 2 is 2.45 bits per heavy atom. The first kappa shape index (κ1) is 6.61. The minimum absolute atomic E-state index is 0.214. The number of nitrogens with one attached hydrogen (secondary N) is 1. The summed E-state index contributed by atoms with van der Waals surface area (Å²) in [6, 6.07) is 2.20. The fourth-order valence-electron chi connectivity index (χ4n) is 1.17. The number of hydrogen-bond donors (Lipinski definition) is 1. The molecule has 3 heteroatoms. The van der Waals surface area contributed by atoms with Crippen LogP contribution in [0.1, 0.15) is 24.2 Å². The molecule has 58 valence electrons. The van der Waals surface area contributed by atoms with Gasteiger partial charge in [0.2, 0.25) is 0 Å². The molecular weight excluding hydrogens is 140 g/mol. The maximum atomic E-state index is 5.18. The molecule has 0 radical (unpaired) electrons. The van der Waals surface area contributed by atoms with E-state index < -0.39 is 0 Å². The van der Waals surface area contributed by atoms with Crippen LogP contribution in [0.5, 0.6) is 5.75 Å². The first-order chi connectivity index (χ1) is 5.27. The Hall–Kier alpha value is -1.09. The predicted octanol–water partition coefficient (Wildman–Crippen LogP) is 1.35. The number of hydroxylamine groups is 1. The molecule has 0 aromatic carbocycles. The van der Waals surface area contributed by atoms with Crippen LogP contribution in [0.15, 0.2) is 12.3 Å². The van der Waals surface area contributed by atoms with Crippen LogP contribution < -0.4 is 10.3 Å². The predicted molar refractivity (Wildman–Crippen MR) is 41.2 cm³/mol. The first-order valence-electron chi connectivity index (χ1n) is 3.66. The van der Waals surface area contributed by atoms with Crippen molar-refractivity contribution in [3.05, 3.63) is 23.5 Å². The van der Waals surface area contributed by atoms with E-state index in [0.717, 1.165) is 17.0 Å². The fourth-order valence-corrected chi connectivity index (χ4v) is 1.17. The molecule has 11 heavy (non-hydrogen) atoms. The second kappa shape index (κ2) is 2.20. The summed E-state index contributed by atoms with van der Waals surface area (Å²) >= 11 is 0. The maximum absolute atomic E-state index is 5.18. The summed E-state index contributed by atoms with van der Waals surface area (Å²) in [6.45, 7) is 4.02. The zero-order chi connectivity index (χ0) is 7.84. The van der Waals surface area contributed by atoms with E-state index in [1.165, 1.54) is 0 Å². The summed E-state index contributed by atoms with van der Waals surface area (Å²) in [5.41, 5.74) is 4.97. The van der Waals surface area contributed by atoms with Crippen molar-refractivity contribution in [2.75, 3.05) is 0 Å². The van der Waals surface area contributed by atoms with Crippen LogP contribution in [-0.4, -0.2) is 4.98 Å². The van der Waals surface area contributed by atoms with E-state index in [2.05, 4.69) is 10.5 Å². The van der Waals surface area contributed by atoms with Gasteiger partial charge in [-0.25, -0.2) is 0 Å². The van der Waals surface area contributed by atoms with Gasteiger partial charge in [0.05, 0.1) is 6.04 Å². The molecule has 0 saturated carbocycles. The Morgan fingerprint density at radius 3 is 3.27 bits per heavy atom. The van der Waals surface area contributed by atoms with Gasteiger partial charge in [0.1, 0.15) is 5.69 Å². The number of pyridine rings is 1. The quantitative estimate of drug-likeness (QED) is 0.606. The van der Waals surface area contributed by atoms with Gasteiger partial charge >= 0.3 is 0 Å². The molecule has 0 saturated heterocycles. The van der Waals surface area contributed by atoms with E-state index in [1.54, 1.807) is 0 Å². The van der Waals surface area contributed by atoms with Crippen LogP contribution >= 0.6 is 0 Å². The fraction of sp³-hybridized carbons (Fsp3) is 0.375. The third-order valence-corrected chi connectivity index (χ3v) is 1.77. The van der Waals surface area contributed by atoms with E-state index in [9.17, 15) is 0 Å². The monoisotopic (exact) mass is 150 g/mol. The van der Waals surface area contributed by atoms with Crippen LogP contribution in [-0.2, 0) is 0 Å². The highest BCUT2D eigenvalue weighted by Crippen LogP contribution is 2.28. The lowest BCUT2D eigenvalue weighted by atomic mass is 10.2. The average Bonchev–Trinajstić information content (AvgIpc) is 2.32. The van der Waals surface area contributed by atoms with Gasteiger partial charge in [-0.15, -0.1) is 5.48 Å². The molecule has 3 nitrogen and oxygen atoms in total. The van der Waals surface area contributed by atoms with Crippen molar-refractivity contribution in [1.82, 2.24) is 10.5 Å². The number of nitrogens with zero attached hydrogens (tertiary/aromatic N) is 1. The molecule has 0 fully saturated rings. The molecule has 1 atom stereocenters. The summed E-state index contributed by atoms with van der Waals surface area (Å²) in [6.07, 6.45) is 1.85. The van der Waals surface area contributed by atoms with Crippen molar-refractivity contribution < 1.29 is 4.84 Å². The normalized spacial score (nSPS) is 21.1. The lowest BCUT2D eigenvalue weighted by molar-refractivity contribution is 0.200. The maximum Gasteiger partial charge on any atom is 0.170 e. The van der Waals surface area contributed by atoms with Gasteiger partial charge in [-0.1, -0.05) is 0 Å². The number of hydrogen-bond acceptors (Lipinski definition) is 3. The number of rotatable bonds is 0. The summed E-state index contributed by atoms with van der Waals surface area (Å²) < 4.78 is 0. The zero-order valence-corrected chi connectivity index (χ0v) is 6.59. The van der Waals surface area contributed by atoms with E-state index in [0.29, 0.717) is 0 Å². The third-order valence-electron chi connectivity index (χ3n) is 1.77. The molecule has 1 unspecified atom stereocenters. The van der Waals surface area contributed by atoms with Crippen molar-refractivity contribution in [3.8, 4) is 5.75 Å². The lowest BCUT2D eigenvalue weighted by Crippen LogP contribution is -2.13. The largest absolute Gasteiger partial charge is 0.406 e. The van der Waals surface area contributed by atoms with Gasteiger partial charge in [0.25, 0.3) is 0 Å². The molecule has 1 N–H and O–H groups in total. The van der Waals surface area contributed by atoms with Crippen molar-refractivity contribution in [2.45, 2.75) is 19.9 Å². The molecule has 1 aromatic rings. The molecule has 1 aliphatic rings. The van der Waals surface area contributed by atoms with Crippen LogP contribution in [0.25, 0.3) is 0 Å². The van der Waals surface area contributed by atoms with E-state index in [1.807, 2.05) is 26.1 Å². The SMILES string of the molecule is Cc1cnc2c(c1)ONC2C. The van der Waals surface area contributed by atoms with Gasteiger partial charge in [-0.2, -0.15) is 0 Å². The average molecular weight is 150 g/mol. The topological polar surface area (TPSA) is 34.1 Å². The van der Waals surface area contributed by atoms with Crippen LogP contribution in [0, 0.1) is 6.92 Å². The Balaban J connectivity index is 2.50. The Kier molecular flexibility index (Phi) is 1.32. The Labute approximate surface area is 65.4 Å². The minimum atomic E-state index is 0.214. The van der Waals surface area contributed by atoms with E-state index in [-0.39, 0.29) is 6.04 Å². The second-order valence-corrected chi connectivity index (χ2v) is 2.84. The summed E-state index contributed by atoms with van der Waals surface area (Å²) in [5.74, 6) is 0.859. The lowest BCUT2D eigenvalue weighted by Gasteiger charge is -1.97. The van der Waals surface area contributed by atoms with Gasteiger partial charge in [0.15, 0.2) is 5.75 Å². The molecule has 1 aromatic heterocycles. The highest BCUT2D eigenvalue weighted by atomic mass is 16.7. The van der Waals surface area contributed by atoms with Gasteiger partial charge in [-0.3, -0.25) is 4.98 Å². The Morgan fingerprint density at radius 1 is 1.64 bits per heavy atom. The smallest absolute Gasteiger partial charge is 0.170 e. The van der Waals surface area contributed by atoms with Crippen LogP contribution in [0.2, 0.25) is 0 Å². The standard InChI is InChI=1S/C8H10N2O/c1-5-3-7-8(9-4-5)6(2)10-11-7/h3-4,6,10H,1-2H3. The van der Waals surface area contributed by atoms with Crippen LogP contribution in [0.3, 0.4) is 0 Å². The molecule has 2 heterocycles. The highest BCUT2D eigenvalue weighted by molar-refractivity contribution is 5.34. The van der Waals surface area contributed by atoms with Gasteiger partial charge in [0, 0.05) is 6.20 Å².